The minimum absolute atomic E-state index is 0.437. The molecular weight excluding hydrogens is 215 g/mol. The molecule has 0 aliphatic rings. The van der Waals surface area contributed by atoms with Crippen LogP contribution in [0.1, 0.15) is 5.56 Å². The van der Waals surface area contributed by atoms with Crippen LogP contribution in [0.2, 0.25) is 0 Å². The third-order valence-electron chi connectivity index (χ3n) is 1.63. The van der Waals surface area contributed by atoms with Crippen LogP contribution in [0.5, 0.6) is 0 Å². The highest BCUT2D eigenvalue weighted by atomic mass is 19.4. The molecule has 1 aromatic rings. The number of hydrogen-bond donors (Lipinski definition) is 1. The highest BCUT2D eigenvalue weighted by molar-refractivity contribution is 5.50. The minimum Gasteiger partial charge on any atom is -0.373 e. The highest BCUT2D eigenvalue weighted by Crippen LogP contribution is 2.35. The molecule has 0 unspecified atom stereocenters. The first-order valence-corrected chi connectivity index (χ1v) is 3.75. The van der Waals surface area contributed by atoms with Crippen molar-refractivity contribution in [2.75, 3.05) is 12.4 Å². The Kier molecular flexibility index (Phi) is 2.78. The van der Waals surface area contributed by atoms with E-state index >= 15 is 0 Å². The summed E-state index contributed by atoms with van der Waals surface area (Å²) in [6.45, 7) is 0. The van der Waals surface area contributed by atoms with E-state index in [0.717, 1.165) is 6.20 Å². The monoisotopic (exact) mass is 221 g/mol. The smallest absolute Gasteiger partial charge is 0.373 e. The summed E-state index contributed by atoms with van der Waals surface area (Å²) >= 11 is 0. The van der Waals surface area contributed by atoms with Crippen molar-refractivity contribution in [3.05, 3.63) is 27.9 Å². The van der Waals surface area contributed by atoms with Gasteiger partial charge in [0.15, 0.2) is 0 Å². The van der Waals surface area contributed by atoms with Gasteiger partial charge >= 0.3 is 6.18 Å². The number of nitrogens with one attached hydrogen (secondary N) is 1. The van der Waals surface area contributed by atoms with Crippen LogP contribution in [0.3, 0.4) is 0 Å². The molecule has 1 heterocycles. The van der Waals surface area contributed by atoms with Crippen LogP contribution >= 0.6 is 0 Å². The van der Waals surface area contributed by atoms with E-state index in [1.807, 2.05) is 0 Å². The second kappa shape index (κ2) is 3.71. The predicted molar refractivity (Wildman–Crippen MR) is 45.4 cm³/mol. The van der Waals surface area contributed by atoms with E-state index in [-0.39, 0.29) is 0 Å². The molecule has 0 saturated heterocycles. The summed E-state index contributed by atoms with van der Waals surface area (Å²) in [5, 5.41) is 12.5. The van der Waals surface area contributed by atoms with E-state index < -0.39 is 28.2 Å². The van der Waals surface area contributed by atoms with Crippen molar-refractivity contribution < 1.29 is 18.1 Å². The van der Waals surface area contributed by atoms with Gasteiger partial charge in [-0.2, -0.15) is 13.2 Å². The Bertz CT molecular complexity index is 392. The molecule has 8 heteroatoms. The lowest BCUT2D eigenvalue weighted by Gasteiger charge is -2.10. The summed E-state index contributed by atoms with van der Waals surface area (Å²) in [7, 11) is 1.25. The summed E-state index contributed by atoms with van der Waals surface area (Å²) in [4.78, 5) is 12.6. The number of nitrogens with zero attached hydrogens (tertiary/aromatic N) is 2. The maximum Gasteiger partial charge on any atom is 0.420 e. The maximum absolute atomic E-state index is 12.4. The van der Waals surface area contributed by atoms with Gasteiger partial charge in [0.25, 0.3) is 5.69 Å². The molecule has 1 aromatic heterocycles. The van der Waals surface area contributed by atoms with E-state index in [1.54, 1.807) is 0 Å². The SMILES string of the molecule is CNc1ncc([N+](=O)[O-])cc1C(F)(F)F. The van der Waals surface area contributed by atoms with Crippen LogP contribution in [0.15, 0.2) is 12.3 Å². The van der Waals surface area contributed by atoms with E-state index in [1.165, 1.54) is 7.05 Å². The summed E-state index contributed by atoms with van der Waals surface area (Å²) < 4.78 is 37.1. The average molecular weight is 221 g/mol. The molecule has 82 valence electrons. The zero-order chi connectivity index (χ0) is 11.6. The van der Waals surface area contributed by atoms with Crippen LogP contribution in [-0.2, 0) is 6.18 Å². The van der Waals surface area contributed by atoms with Crippen molar-refractivity contribution in [2.45, 2.75) is 6.18 Å². The van der Waals surface area contributed by atoms with Gasteiger partial charge in [0.2, 0.25) is 0 Å². The molecule has 5 nitrogen and oxygen atoms in total. The van der Waals surface area contributed by atoms with E-state index in [0.29, 0.717) is 6.07 Å². The summed E-state index contributed by atoms with van der Waals surface area (Å²) in [5.74, 6) is -0.437. The van der Waals surface area contributed by atoms with Crippen LogP contribution in [0.4, 0.5) is 24.7 Å². The van der Waals surface area contributed by atoms with Gasteiger partial charge in [-0.15, -0.1) is 0 Å². The maximum atomic E-state index is 12.4. The average Bonchev–Trinajstić information content (AvgIpc) is 2.15. The third-order valence-corrected chi connectivity index (χ3v) is 1.63. The van der Waals surface area contributed by atoms with Gasteiger partial charge in [-0.1, -0.05) is 0 Å². The van der Waals surface area contributed by atoms with Gasteiger partial charge in [0.05, 0.1) is 4.92 Å². The van der Waals surface area contributed by atoms with Gasteiger partial charge in [0.1, 0.15) is 17.6 Å². The number of hydrogen-bond acceptors (Lipinski definition) is 4. The fourth-order valence-electron chi connectivity index (χ4n) is 0.969. The van der Waals surface area contributed by atoms with Crippen molar-refractivity contribution in [1.82, 2.24) is 4.98 Å². The van der Waals surface area contributed by atoms with Gasteiger partial charge < -0.3 is 5.32 Å². The summed E-state index contributed by atoms with van der Waals surface area (Å²) in [6.07, 6.45) is -3.90. The molecule has 0 amide bonds. The van der Waals surface area contributed by atoms with Crippen molar-refractivity contribution in [2.24, 2.45) is 0 Å². The lowest BCUT2D eigenvalue weighted by molar-refractivity contribution is -0.385. The normalized spacial score (nSPS) is 11.2. The quantitative estimate of drug-likeness (QED) is 0.613. The van der Waals surface area contributed by atoms with E-state index in [4.69, 9.17) is 0 Å². The molecule has 0 spiro atoms. The van der Waals surface area contributed by atoms with Gasteiger partial charge in [-0.25, -0.2) is 4.98 Å². The summed E-state index contributed by atoms with van der Waals surface area (Å²) in [5.41, 5.74) is -1.85. The zero-order valence-corrected chi connectivity index (χ0v) is 7.50. The third kappa shape index (κ3) is 2.33. The van der Waals surface area contributed by atoms with Crippen molar-refractivity contribution in [1.29, 1.82) is 0 Å². The van der Waals surface area contributed by atoms with Crippen LogP contribution in [-0.4, -0.2) is 17.0 Å². The number of rotatable bonds is 2. The fourth-order valence-corrected chi connectivity index (χ4v) is 0.969. The van der Waals surface area contributed by atoms with E-state index in [9.17, 15) is 23.3 Å². The van der Waals surface area contributed by atoms with Crippen molar-refractivity contribution in [3.8, 4) is 0 Å². The van der Waals surface area contributed by atoms with Crippen molar-refractivity contribution in [3.63, 3.8) is 0 Å². The molecule has 0 atom stereocenters. The number of anilines is 1. The molecule has 0 aliphatic carbocycles. The van der Waals surface area contributed by atoms with Crippen molar-refractivity contribution >= 4 is 11.5 Å². The second-order valence-corrected chi connectivity index (χ2v) is 2.59. The molecule has 15 heavy (non-hydrogen) atoms. The lowest BCUT2D eigenvalue weighted by Crippen LogP contribution is -2.11. The first-order chi connectivity index (χ1) is 6.86. The molecular formula is C7H6F3N3O2. The molecule has 0 fully saturated rings. The predicted octanol–water partition coefficient (Wildman–Crippen LogP) is 2.05. The largest absolute Gasteiger partial charge is 0.420 e. The Balaban J connectivity index is 3.32. The molecule has 1 rings (SSSR count). The highest BCUT2D eigenvalue weighted by Gasteiger charge is 2.35. The molecule has 1 N–H and O–H groups in total. The topological polar surface area (TPSA) is 68.1 Å². The number of nitro groups is 1. The van der Waals surface area contributed by atoms with Crippen LogP contribution in [0, 0.1) is 10.1 Å². The Morgan fingerprint density at radius 1 is 1.53 bits per heavy atom. The van der Waals surface area contributed by atoms with Gasteiger partial charge in [-0.05, 0) is 0 Å². The van der Waals surface area contributed by atoms with E-state index in [2.05, 4.69) is 10.3 Å². The summed E-state index contributed by atoms with van der Waals surface area (Å²) in [6, 6.07) is 0.443. The first kappa shape index (κ1) is 11.2. The number of alkyl halides is 3. The van der Waals surface area contributed by atoms with Gasteiger partial charge in [0, 0.05) is 13.1 Å². The minimum atomic E-state index is -4.67. The van der Waals surface area contributed by atoms with Gasteiger partial charge in [-0.3, -0.25) is 10.1 Å². The molecule has 0 saturated carbocycles. The number of halogens is 3. The Morgan fingerprint density at radius 3 is 2.53 bits per heavy atom. The lowest BCUT2D eigenvalue weighted by atomic mass is 10.2. The standard InChI is InChI=1S/C7H6F3N3O2/c1-11-6-5(7(8,9)10)2-4(3-12-6)13(14)15/h2-3H,1H3,(H,11,12). The second-order valence-electron chi connectivity index (χ2n) is 2.59. The Morgan fingerprint density at radius 2 is 2.13 bits per heavy atom. The molecule has 0 radical (unpaired) electrons. The van der Waals surface area contributed by atoms with Crippen LogP contribution in [0.25, 0.3) is 0 Å². The molecule has 0 aliphatic heterocycles. The first-order valence-electron chi connectivity index (χ1n) is 3.75. The molecule has 0 bridgehead atoms. The number of aromatic nitrogens is 1. The zero-order valence-electron chi connectivity index (χ0n) is 7.50. The Labute approximate surface area is 82.1 Å². The number of pyridine rings is 1. The fraction of sp³-hybridized carbons (Fsp3) is 0.286. The molecule has 0 aromatic carbocycles. The Hall–Kier alpha value is -1.86. The van der Waals surface area contributed by atoms with Crippen LogP contribution < -0.4 is 5.32 Å².